The first-order chi connectivity index (χ1) is 10.8. The monoisotopic (exact) mass is 301 g/mol. The van der Waals surface area contributed by atoms with Crippen molar-refractivity contribution < 1.29 is 14.3 Å². The number of ether oxygens (including phenoxy) is 2. The van der Waals surface area contributed by atoms with Gasteiger partial charge < -0.3 is 19.4 Å². The van der Waals surface area contributed by atoms with Crippen LogP contribution in [-0.4, -0.2) is 41.3 Å². The van der Waals surface area contributed by atoms with Crippen molar-refractivity contribution in [2.45, 2.75) is 19.1 Å². The Hall–Kier alpha value is -2.34. The van der Waals surface area contributed by atoms with Crippen LogP contribution >= 0.6 is 0 Å². The van der Waals surface area contributed by atoms with Gasteiger partial charge in [0.2, 0.25) is 5.88 Å². The normalized spacial score (nSPS) is 17.4. The quantitative estimate of drug-likeness (QED) is 0.878. The summed E-state index contributed by atoms with van der Waals surface area (Å²) < 4.78 is 13.0. The van der Waals surface area contributed by atoms with E-state index in [0.29, 0.717) is 31.2 Å². The van der Waals surface area contributed by atoms with Gasteiger partial charge in [-0.2, -0.15) is 0 Å². The molecular weight excluding hydrogens is 282 g/mol. The van der Waals surface area contributed by atoms with Crippen molar-refractivity contribution in [3.8, 4) is 5.88 Å². The van der Waals surface area contributed by atoms with Gasteiger partial charge in [-0.3, -0.25) is 4.79 Å². The molecule has 3 heterocycles. The lowest BCUT2D eigenvalue weighted by Gasteiger charge is -2.11. The average molecular weight is 301 g/mol. The second-order valence-electron chi connectivity index (χ2n) is 5.16. The standard InChI is InChI=1S/C16H19N3O3/c20-16(18-6-9-19-7-1-2-8-19)13-3-5-17-15(11-13)22-14-4-10-21-12-14/h1-3,5,7-8,11,14H,4,6,9-10,12H2,(H,18,20)/t14-/m0/s1. The molecular formula is C16H19N3O3. The zero-order valence-corrected chi connectivity index (χ0v) is 12.3. The maximum absolute atomic E-state index is 12.1. The molecule has 1 aliphatic rings. The summed E-state index contributed by atoms with van der Waals surface area (Å²) >= 11 is 0. The molecule has 1 fully saturated rings. The van der Waals surface area contributed by atoms with Crippen molar-refractivity contribution in [3.05, 3.63) is 48.4 Å². The molecule has 1 saturated heterocycles. The lowest BCUT2D eigenvalue weighted by molar-refractivity contribution is 0.0950. The van der Waals surface area contributed by atoms with E-state index in [2.05, 4.69) is 10.3 Å². The highest BCUT2D eigenvalue weighted by atomic mass is 16.5. The Balaban J connectivity index is 1.52. The number of aromatic nitrogens is 2. The Morgan fingerprint density at radius 1 is 1.45 bits per heavy atom. The molecule has 1 amide bonds. The fourth-order valence-electron chi connectivity index (χ4n) is 2.31. The molecule has 0 bridgehead atoms. The van der Waals surface area contributed by atoms with Gasteiger partial charge in [-0.25, -0.2) is 4.98 Å². The molecule has 0 unspecified atom stereocenters. The number of hydrogen-bond donors (Lipinski definition) is 1. The molecule has 2 aromatic rings. The first-order valence-corrected chi connectivity index (χ1v) is 7.41. The Labute approximate surface area is 129 Å². The van der Waals surface area contributed by atoms with E-state index in [9.17, 15) is 4.79 Å². The van der Waals surface area contributed by atoms with Crippen LogP contribution in [0.3, 0.4) is 0 Å². The van der Waals surface area contributed by atoms with Crippen LogP contribution in [0.25, 0.3) is 0 Å². The Kier molecular flexibility index (Phi) is 4.70. The highest BCUT2D eigenvalue weighted by Gasteiger charge is 2.18. The van der Waals surface area contributed by atoms with Crippen molar-refractivity contribution in [2.24, 2.45) is 0 Å². The number of carbonyl (C=O) groups is 1. The number of rotatable bonds is 6. The predicted molar refractivity (Wildman–Crippen MR) is 80.9 cm³/mol. The van der Waals surface area contributed by atoms with Gasteiger partial charge in [0.1, 0.15) is 6.10 Å². The van der Waals surface area contributed by atoms with Crippen LogP contribution in [0.5, 0.6) is 5.88 Å². The molecule has 0 saturated carbocycles. The van der Waals surface area contributed by atoms with Gasteiger partial charge in [0.25, 0.3) is 5.91 Å². The third kappa shape index (κ3) is 3.85. The largest absolute Gasteiger partial charge is 0.472 e. The molecule has 1 aliphatic heterocycles. The maximum Gasteiger partial charge on any atom is 0.251 e. The lowest BCUT2D eigenvalue weighted by Crippen LogP contribution is -2.27. The zero-order chi connectivity index (χ0) is 15.2. The van der Waals surface area contributed by atoms with Crippen molar-refractivity contribution in [3.63, 3.8) is 0 Å². The van der Waals surface area contributed by atoms with E-state index in [-0.39, 0.29) is 12.0 Å². The van der Waals surface area contributed by atoms with Crippen molar-refractivity contribution in [1.82, 2.24) is 14.9 Å². The number of carbonyl (C=O) groups excluding carboxylic acids is 1. The minimum atomic E-state index is -0.123. The number of hydrogen-bond acceptors (Lipinski definition) is 4. The van der Waals surface area contributed by atoms with Gasteiger partial charge in [0.15, 0.2) is 0 Å². The van der Waals surface area contributed by atoms with Gasteiger partial charge >= 0.3 is 0 Å². The summed E-state index contributed by atoms with van der Waals surface area (Å²) in [6.07, 6.45) is 6.41. The highest BCUT2D eigenvalue weighted by molar-refractivity contribution is 5.94. The van der Waals surface area contributed by atoms with Crippen LogP contribution < -0.4 is 10.1 Å². The van der Waals surface area contributed by atoms with Gasteiger partial charge in [0.05, 0.1) is 13.2 Å². The molecule has 0 aromatic carbocycles. The molecule has 3 rings (SSSR count). The van der Waals surface area contributed by atoms with Gasteiger partial charge in [-0.15, -0.1) is 0 Å². The van der Waals surface area contributed by atoms with E-state index in [1.54, 1.807) is 18.3 Å². The van der Waals surface area contributed by atoms with E-state index < -0.39 is 0 Å². The number of pyridine rings is 1. The van der Waals surface area contributed by atoms with Gasteiger partial charge in [0, 0.05) is 49.7 Å². The fourth-order valence-corrected chi connectivity index (χ4v) is 2.31. The summed E-state index contributed by atoms with van der Waals surface area (Å²) in [6, 6.07) is 7.27. The third-order valence-electron chi connectivity index (χ3n) is 3.49. The molecule has 116 valence electrons. The molecule has 2 aromatic heterocycles. The Morgan fingerprint density at radius 2 is 2.32 bits per heavy atom. The third-order valence-corrected chi connectivity index (χ3v) is 3.49. The van der Waals surface area contributed by atoms with Crippen LogP contribution in [0.2, 0.25) is 0 Å². The molecule has 0 radical (unpaired) electrons. The predicted octanol–water partition coefficient (Wildman–Crippen LogP) is 1.48. The molecule has 22 heavy (non-hydrogen) atoms. The topological polar surface area (TPSA) is 65.4 Å². The Bertz CT molecular complexity index is 607. The zero-order valence-electron chi connectivity index (χ0n) is 12.3. The minimum Gasteiger partial charge on any atom is -0.472 e. The summed E-state index contributed by atoms with van der Waals surface area (Å²) in [5, 5.41) is 2.89. The van der Waals surface area contributed by atoms with E-state index >= 15 is 0 Å². The van der Waals surface area contributed by atoms with E-state index in [1.807, 2.05) is 29.1 Å². The SMILES string of the molecule is O=C(NCCn1cccc1)c1ccnc(O[C@H]2CCOC2)c1. The molecule has 0 aliphatic carbocycles. The van der Waals surface area contributed by atoms with Crippen molar-refractivity contribution >= 4 is 5.91 Å². The highest BCUT2D eigenvalue weighted by Crippen LogP contribution is 2.15. The van der Waals surface area contributed by atoms with Crippen molar-refractivity contribution in [1.29, 1.82) is 0 Å². The molecule has 6 nitrogen and oxygen atoms in total. The maximum atomic E-state index is 12.1. The van der Waals surface area contributed by atoms with Crippen LogP contribution in [0.1, 0.15) is 16.8 Å². The first-order valence-electron chi connectivity index (χ1n) is 7.41. The fraction of sp³-hybridized carbons (Fsp3) is 0.375. The van der Waals surface area contributed by atoms with Crippen LogP contribution in [0, 0.1) is 0 Å². The second kappa shape index (κ2) is 7.09. The van der Waals surface area contributed by atoms with E-state index in [0.717, 1.165) is 13.0 Å². The molecule has 1 N–H and O–H groups in total. The summed E-state index contributed by atoms with van der Waals surface area (Å²) in [5.74, 6) is 0.343. The van der Waals surface area contributed by atoms with Gasteiger partial charge in [-0.1, -0.05) is 0 Å². The van der Waals surface area contributed by atoms with Crippen molar-refractivity contribution in [2.75, 3.05) is 19.8 Å². The van der Waals surface area contributed by atoms with Crippen LogP contribution in [-0.2, 0) is 11.3 Å². The first kappa shape index (κ1) is 14.6. The molecule has 0 spiro atoms. The molecule has 6 heteroatoms. The van der Waals surface area contributed by atoms with E-state index in [4.69, 9.17) is 9.47 Å². The number of amides is 1. The average Bonchev–Trinajstić information content (AvgIpc) is 3.21. The van der Waals surface area contributed by atoms with Crippen LogP contribution in [0.4, 0.5) is 0 Å². The summed E-state index contributed by atoms with van der Waals surface area (Å²) in [4.78, 5) is 16.3. The summed E-state index contributed by atoms with van der Waals surface area (Å²) in [6.45, 7) is 2.61. The minimum absolute atomic E-state index is 0.0274. The number of nitrogens with one attached hydrogen (secondary N) is 1. The smallest absolute Gasteiger partial charge is 0.251 e. The lowest BCUT2D eigenvalue weighted by atomic mass is 10.2. The van der Waals surface area contributed by atoms with Crippen LogP contribution in [0.15, 0.2) is 42.9 Å². The molecule has 1 atom stereocenters. The summed E-state index contributed by atoms with van der Waals surface area (Å²) in [7, 11) is 0. The number of nitrogens with zero attached hydrogens (tertiary/aromatic N) is 2. The summed E-state index contributed by atoms with van der Waals surface area (Å²) in [5.41, 5.74) is 0.552. The second-order valence-corrected chi connectivity index (χ2v) is 5.16. The Morgan fingerprint density at radius 3 is 3.09 bits per heavy atom. The van der Waals surface area contributed by atoms with Gasteiger partial charge in [-0.05, 0) is 18.2 Å². The van der Waals surface area contributed by atoms with E-state index in [1.165, 1.54) is 0 Å².